The predicted molar refractivity (Wildman–Crippen MR) is 107 cm³/mol. The van der Waals surface area contributed by atoms with E-state index in [1.54, 1.807) is 19.3 Å². The van der Waals surface area contributed by atoms with Crippen LogP contribution < -0.4 is 21.3 Å². The predicted octanol–water partition coefficient (Wildman–Crippen LogP) is 0.957. The van der Waals surface area contributed by atoms with Gasteiger partial charge in [0.15, 0.2) is 0 Å². The average molecular weight is 383 g/mol. The lowest BCUT2D eigenvalue weighted by Gasteiger charge is -2.36. The minimum atomic E-state index is -0.621. The van der Waals surface area contributed by atoms with Crippen LogP contribution in [0, 0.1) is 6.92 Å². The highest BCUT2D eigenvalue weighted by molar-refractivity contribution is 5.92. The van der Waals surface area contributed by atoms with Crippen LogP contribution in [-0.2, 0) is 6.54 Å². The van der Waals surface area contributed by atoms with Gasteiger partial charge in [-0.25, -0.2) is 14.8 Å². The summed E-state index contributed by atoms with van der Waals surface area (Å²) in [7, 11) is 1.60. The van der Waals surface area contributed by atoms with Gasteiger partial charge in [0, 0.05) is 46.0 Å². The second-order valence-corrected chi connectivity index (χ2v) is 6.68. The van der Waals surface area contributed by atoms with Crippen molar-refractivity contribution in [3.05, 3.63) is 47.4 Å². The number of hydrogen-bond donors (Lipinski definition) is 3. The summed E-state index contributed by atoms with van der Waals surface area (Å²) in [6, 6.07) is 6.88. The van der Waals surface area contributed by atoms with E-state index in [1.807, 2.05) is 25.1 Å². The molecule has 1 aliphatic heterocycles. The van der Waals surface area contributed by atoms with Crippen molar-refractivity contribution in [3.63, 3.8) is 0 Å². The molecule has 1 saturated heterocycles. The van der Waals surface area contributed by atoms with Crippen molar-refractivity contribution >= 4 is 23.4 Å². The van der Waals surface area contributed by atoms with Crippen molar-refractivity contribution < 1.29 is 9.59 Å². The first-order chi connectivity index (χ1) is 13.5. The number of piperazine rings is 1. The fraction of sp³-hybridized carbons (Fsp3) is 0.368. The second-order valence-electron chi connectivity index (χ2n) is 6.68. The molecule has 0 atom stereocenters. The van der Waals surface area contributed by atoms with Gasteiger partial charge in [0.2, 0.25) is 0 Å². The third-order valence-corrected chi connectivity index (χ3v) is 4.71. The molecular formula is C19H25N7O2. The topological polar surface area (TPSA) is 116 Å². The first-order valence-electron chi connectivity index (χ1n) is 9.14. The number of hydrogen-bond acceptors (Lipinski definition) is 6. The molecular weight excluding hydrogens is 358 g/mol. The number of aryl methyl sites for hydroxylation is 1. The smallest absolute Gasteiger partial charge is 0.317 e. The van der Waals surface area contributed by atoms with Gasteiger partial charge in [-0.2, -0.15) is 0 Å². The molecule has 1 fully saturated rings. The maximum atomic E-state index is 11.7. The maximum absolute atomic E-state index is 11.7. The van der Waals surface area contributed by atoms with Gasteiger partial charge in [-0.1, -0.05) is 0 Å². The molecule has 3 amide bonds. The summed E-state index contributed by atoms with van der Waals surface area (Å²) in [6.07, 6.45) is 1.67. The summed E-state index contributed by atoms with van der Waals surface area (Å²) >= 11 is 0. The van der Waals surface area contributed by atoms with E-state index in [1.165, 1.54) is 0 Å². The first-order valence-corrected chi connectivity index (χ1v) is 9.14. The van der Waals surface area contributed by atoms with Gasteiger partial charge in [0.05, 0.1) is 11.4 Å². The zero-order valence-electron chi connectivity index (χ0n) is 16.1. The summed E-state index contributed by atoms with van der Waals surface area (Å²) in [5.74, 6) is 0.281. The number of rotatable bonds is 5. The molecule has 0 bridgehead atoms. The average Bonchev–Trinajstić information content (AvgIpc) is 2.68. The summed E-state index contributed by atoms with van der Waals surface area (Å²) in [5.41, 5.74) is 8.55. The molecule has 0 radical (unpaired) electrons. The largest absolute Gasteiger partial charge is 0.368 e. The molecule has 3 rings (SSSR count). The Kier molecular flexibility index (Phi) is 6.05. The molecule has 0 saturated carbocycles. The third-order valence-electron chi connectivity index (χ3n) is 4.71. The van der Waals surface area contributed by atoms with E-state index in [0.29, 0.717) is 11.5 Å². The van der Waals surface area contributed by atoms with Crippen LogP contribution in [0.4, 0.5) is 16.3 Å². The molecule has 148 valence electrons. The summed E-state index contributed by atoms with van der Waals surface area (Å²) < 4.78 is 0. The molecule has 2 aromatic rings. The molecule has 1 aliphatic rings. The highest BCUT2D eigenvalue weighted by Gasteiger charge is 2.20. The number of amides is 3. The lowest BCUT2D eigenvalue weighted by molar-refractivity contribution is 0.0958. The number of pyridine rings is 2. The van der Waals surface area contributed by atoms with Crippen molar-refractivity contribution in [2.45, 2.75) is 13.5 Å². The Morgan fingerprint density at radius 3 is 2.57 bits per heavy atom. The van der Waals surface area contributed by atoms with Crippen molar-refractivity contribution in [1.82, 2.24) is 20.2 Å². The molecule has 0 unspecified atom stereocenters. The number of carbonyl (C=O) groups is 2. The van der Waals surface area contributed by atoms with E-state index in [9.17, 15) is 9.59 Å². The quantitative estimate of drug-likeness (QED) is 0.708. The molecule has 9 heteroatoms. The Bertz CT molecular complexity index is 863. The van der Waals surface area contributed by atoms with Crippen LogP contribution in [0.1, 0.15) is 21.7 Å². The Labute approximate surface area is 163 Å². The molecule has 0 spiro atoms. The SMILES string of the molecule is CNC(=O)c1ccc(N2CCN(Cc3ccnc(NC(N)=O)c3)CC2)c(C)n1. The van der Waals surface area contributed by atoms with Gasteiger partial charge < -0.3 is 16.0 Å². The van der Waals surface area contributed by atoms with Gasteiger partial charge in [-0.15, -0.1) is 0 Å². The highest BCUT2D eigenvalue weighted by Crippen LogP contribution is 2.21. The molecule has 4 N–H and O–H groups in total. The third kappa shape index (κ3) is 4.74. The van der Waals surface area contributed by atoms with E-state index in [4.69, 9.17) is 5.73 Å². The standard InChI is InChI=1S/C19H25N7O2/c1-13-16(4-3-15(23-13)18(27)21-2)26-9-7-25(8-10-26)12-14-5-6-22-17(11-14)24-19(20)28/h3-6,11H,7-10,12H2,1-2H3,(H,21,27)(H3,20,22,24,28). The van der Waals surface area contributed by atoms with Crippen LogP contribution >= 0.6 is 0 Å². The molecule has 2 aromatic heterocycles. The van der Waals surface area contributed by atoms with E-state index in [0.717, 1.165) is 49.7 Å². The van der Waals surface area contributed by atoms with Gasteiger partial charge >= 0.3 is 6.03 Å². The number of carbonyl (C=O) groups excluding carboxylic acids is 2. The lowest BCUT2D eigenvalue weighted by Crippen LogP contribution is -2.46. The lowest BCUT2D eigenvalue weighted by atomic mass is 10.2. The fourth-order valence-electron chi connectivity index (χ4n) is 3.31. The Balaban J connectivity index is 1.59. The maximum Gasteiger partial charge on any atom is 0.317 e. The normalized spacial score (nSPS) is 14.6. The van der Waals surface area contributed by atoms with Gasteiger partial charge in [0.1, 0.15) is 11.5 Å². The highest BCUT2D eigenvalue weighted by atomic mass is 16.2. The van der Waals surface area contributed by atoms with Crippen molar-refractivity contribution in [1.29, 1.82) is 0 Å². The van der Waals surface area contributed by atoms with E-state index in [2.05, 4.69) is 30.4 Å². The van der Waals surface area contributed by atoms with Gasteiger partial charge in [0.25, 0.3) is 5.91 Å². The number of aromatic nitrogens is 2. The van der Waals surface area contributed by atoms with Crippen molar-refractivity contribution in [2.24, 2.45) is 5.73 Å². The second kappa shape index (κ2) is 8.66. The number of urea groups is 1. The molecule has 28 heavy (non-hydrogen) atoms. The van der Waals surface area contributed by atoms with Crippen LogP contribution in [0.5, 0.6) is 0 Å². The number of nitrogens with zero attached hydrogens (tertiary/aromatic N) is 4. The molecule has 9 nitrogen and oxygen atoms in total. The van der Waals surface area contributed by atoms with E-state index >= 15 is 0 Å². The summed E-state index contributed by atoms with van der Waals surface area (Å²) in [6.45, 7) is 6.25. The van der Waals surface area contributed by atoms with E-state index < -0.39 is 6.03 Å². The van der Waals surface area contributed by atoms with Crippen LogP contribution in [0.3, 0.4) is 0 Å². The van der Waals surface area contributed by atoms with Crippen LogP contribution in [0.25, 0.3) is 0 Å². The van der Waals surface area contributed by atoms with Crippen molar-refractivity contribution in [2.75, 3.05) is 43.4 Å². The van der Waals surface area contributed by atoms with Crippen LogP contribution in [0.15, 0.2) is 30.5 Å². The monoisotopic (exact) mass is 383 g/mol. The zero-order chi connectivity index (χ0) is 20.1. The summed E-state index contributed by atoms with van der Waals surface area (Å²) in [4.78, 5) is 35.8. The Morgan fingerprint density at radius 2 is 1.93 bits per heavy atom. The minimum Gasteiger partial charge on any atom is -0.368 e. The Hall–Kier alpha value is -3.20. The van der Waals surface area contributed by atoms with Gasteiger partial charge in [-0.3, -0.25) is 15.0 Å². The number of nitrogens with two attached hydrogens (primary N) is 1. The minimum absolute atomic E-state index is 0.179. The number of nitrogens with one attached hydrogen (secondary N) is 2. The Morgan fingerprint density at radius 1 is 1.18 bits per heavy atom. The van der Waals surface area contributed by atoms with Crippen LogP contribution in [-0.4, -0.2) is 60.0 Å². The number of anilines is 2. The van der Waals surface area contributed by atoms with E-state index in [-0.39, 0.29) is 5.91 Å². The molecule has 0 aromatic carbocycles. The van der Waals surface area contributed by atoms with Crippen molar-refractivity contribution in [3.8, 4) is 0 Å². The zero-order valence-corrected chi connectivity index (χ0v) is 16.1. The first kappa shape index (κ1) is 19.6. The molecule has 3 heterocycles. The van der Waals surface area contributed by atoms with Crippen LogP contribution in [0.2, 0.25) is 0 Å². The molecule has 0 aliphatic carbocycles. The number of primary amides is 1. The fourth-order valence-corrected chi connectivity index (χ4v) is 3.31. The summed E-state index contributed by atoms with van der Waals surface area (Å²) in [5, 5.41) is 5.09. The van der Waals surface area contributed by atoms with Gasteiger partial charge in [-0.05, 0) is 36.8 Å².